The largest absolute Gasteiger partial charge is 0.490 e. The Bertz CT molecular complexity index is 593. The summed E-state index contributed by atoms with van der Waals surface area (Å²) in [5.74, 6) is -0.816. The summed E-state index contributed by atoms with van der Waals surface area (Å²) in [6, 6.07) is 3.69. The van der Waals surface area contributed by atoms with Crippen molar-refractivity contribution in [2.24, 2.45) is 0 Å². The smallest absolute Gasteiger partial charge is 0.326 e. The van der Waals surface area contributed by atoms with E-state index in [0.29, 0.717) is 17.7 Å². The number of methoxy groups -OCH3 is 1. The second-order valence-corrected chi connectivity index (χ2v) is 5.61. The van der Waals surface area contributed by atoms with E-state index in [4.69, 9.17) is 9.84 Å². The van der Waals surface area contributed by atoms with E-state index < -0.39 is 16.9 Å². The fourth-order valence-electron chi connectivity index (χ4n) is 1.80. The summed E-state index contributed by atoms with van der Waals surface area (Å²) in [6.45, 7) is 1.67. The Labute approximate surface area is 137 Å². The van der Waals surface area contributed by atoms with Gasteiger partial charge in [-0.05, 0) is 18.1 Å². The number of hydrogen-bond acceptors (Lipinski definition) is 6. The number of nitrogens with one attached hydrogen (secondary N) is 1. The van der Waals surface area contributed by atoms with Crippen molar-refractivity contribution in [1.29, 1.82) is 0 Å². The van der Waals surface area contributed by atoms with Crippen LogP contribution in [0.1, 0.15) is 18.9 Å². The van der Waals surface area contributed by atoms with Crippen LogP contribution in [0.25, 0.3) is 0 Å². The summed E-state index contributed by atoms with van der Waals surface area (Å²) >= 11 is 1.24. The van der Waals surface area contributed by atoms with Crippen molar-refractivity contribution < 1.29 is 24.4 Å². The third-order valence-corrected chi connectivity index (χ3v) is 3.99. The van der Waals surface area contributed by atoms with Gasteiger partial charge in [0.15, 0.2) is 5.75 Å². The molecule has 1 rings (SSSR count). The molecule has 0 aliphatic rings. The highest BCUT2D eigenvalue weighted by atomic mass is 32.2. The lowest BCUT2D eigenvalue weighted by Gasteiger charge is -2.12. The summed E-state index contributed by atoms with van der Waals surface area (Å²) in [5, 5.41) is 22.2. The Morgan fingerprint density at radius 3 is 2.70 bits per heavy atom. The zero-order chi connectivity index (χ0) is 17.4. The third-order valence-electron chi connectivity index (χ3n) is 2.98. The standard InChI is InChI=1S/C14H18N2O6S/c1-3-10(14(18)19)15-13(17)8-23-7-9-4-5-12(22-2)11(6-9)16(20)21/h4-6,10H,3,7-8H2,1-2H3,(H,15,17)(H,18,19). The van der Waals surface area contributed by atoms with Gasteiger partial charge in [0.1, 0.15) is 6.04 Å². The maximum Gasteiger partial charge on any atom is 0.326 e. The second kappa shape index (κ2) is 8.99. The minimum Gasteiger partial charge on any atom is -0.490 e. The number of ether oxygens (including phenoxy) is 1. The van der Waals surface area contributed by atoms with Crippen LogP contribution in [0.3, 0.4) is 0 Å². The highest BCUT2D eigenvalue weighted by Gasteiger charge is 2.18. The van der Waals surface area contributed by atoms with Gasteiger partial charge >= 0.3 is 11.7 Å². The number of carboxylic acids is 1. The molecule has 0 aromatic heterocycles. The predicted molar refractivity (Wildman–Crippen MR) is 85.7 cm³/mol. The second-order valence-electron chi connectivity index (χ2n) is 4.62. The highest BCUT2D eigenvalue weighted by Crippen LogP contribution is 2.28. The molecule has 9 heteroatoms. The molecule has 2 N–H and O–H groups in total. The molecule has 0 fully saturated rings. The fourth-order valence-corrected chi connectivity index (χ4v) is 2.59. The molecule has 126 valence electrons. The van der Waals surface area contributed by atoms with Crippen molar-refractivity contribution in [3.05, 3.63) is 33.9 Å². The summed E-state index contributed by atoms with van der Waals surface area (Å²) in [6.07, 6.45) is 0.302. The number of nitro benzene ring substituents is 1. The van der Waals surface area contributed by atoms with Crippen LogP contribution in [0.15, 0.2) is 18.2 Å². The van der Waals surface area contributed by atoms with Crippen LogP contribution in [0, 0.1) is 10.1 Å². The molecule has 0 radical (unpaired) electrons. The number of nitro groups is 1. The number of carbonyl (C=O) groups excluding carboxylic acids is 1. The first-order valence-corrected chi connectivity index (χ1v) is 7.95. The van der Waals surface area contributed by atoms with Crippen molar-refractivity contribution in [2.45, 2.75) is 25.1 Å². The first kappa shape index (κ1) is 18.8. The molecule has 1 unspecified atom stereocenters. The van der Waals surface area contributed by atoms with Crippen LogP contribution < -0.4 is 10.1 Å². The lowest BCUT2D eigenvalue weighted by atomic mass is 10.2. The zero-order valence-electron chi connectivity index (χ0n) is 12.8. The predicted octanol–water partition coefficient (Wildman–Crippen LogP) is 1.82. The maximum absolute atomic E-state index is 11.7. The molecule has 0 aliphatic heterocycles. The van der Waals surface area contributed by atoms with Gasteiger partial charge in [-0.1, -0.05) is 13.0 Å². The van der Waals surface area contributed by atoms with Crippen LogP contribution in [0.4, 0.5) is 5.69 Å². The van der Waals surface area contributed by atoms with E-state index >= 15 is 0 Å². The van der Waals surface area contributed by atoms with E-state index in [1.807, 2.05) is 0 Å². The van der Waals surface area contributed by atoms with E-state index in [-0.39, 0.29) is 23.1 Å². The average Bonchev–Trinajstić information content (AvgIpc) is 2.52. The van der Waals surface area contributed by atoms with E-state index in [2.05, 4.69) is 5.32 Å². The maximum atomic E-state index is 11.7. The van der Waals surface area contributed by atoms with Crippen LogP contribution >= 0.6 is 11.8 Å². The fraction of sp³-hybridized carbons (Fsp3) is 0.429. The lowest BCUT2D eigenvalue weighted by Crippen LogP contribution is -2.41. The number of carbonyl (C=O) groups is 2. The number of rotatable bonds is 9. The quantitative estimate of drug-likeness (QED) is 0.519. The van der Waals surface area contributed by atoms with Crippen LogP contribution in [0.2, 0.25) is 0 Å². The van der Waals surface area contributed by atoms with E-state index in [1.54, 1.807) is 13.0 Å². The van der Waals surface area contributed by atoms with Crippen molar-refractivity contribution in [1.82, 2.24) is 5.32 Å². The molecular formula is C14H18N2O6S. The monoisotopic (exact) mass is 342 g/mol. The summed E-state index contributed by atoms with van der Waals surface area (Å²) in [4.78, 5) is 32.9. The number of aliphatic carboxylic acids is 1. The number of benzene rings is 1. The van der Waals surface area contributed by atoms with Gasteiger partial charge < -0.3 is 15.2 Å². The van der Waals surface area contributed by atoms with Gasteiger partial charge in [0.05, 0.1) is 17.8 Å². The van der Waals surface area contributed by atoms with Gasteiger partial charge in [0, 0.05) is 11.8 Å². The van der Waals surface area contributed by atoms with E-state index in [1.165, 1.54) is 31.0 Å². The SMILES string of the molecule is CCC(NC(=O)CSCc1ccc(OC)c([N+](=O)[O-])c1)C(=O)O. The van der Waals surface area contributed by atoms with Gasteiger partial charge in [-0.2, -0.15) is 0 Å². The van der Waals surface area contributed by atoms with Crippen LogP contribution in [-0.2, 0) is 15.3 Å². The van der Waals surface area contributed by atoms with Crippen molar-refractivity contribution in [2.75, 3.05) is 12.9 Å². The molecule has 1 aromatic carbocycles. The molecule has 1 aromatic rings. The number of nitrogens with zero attached hydrogens (tertiary/aromatic N) is 1. The van der Waals surface area contributed by atoms with Gasteiger partial charge in [-0.25, -0.2) is 4.79 Å². The highest BCUT2D eigenvalue weighted by molar-refractivity contribution is 7.99. The Kier molecular flexibility index (Phi) is 7.33. The van der Waals surface area contributed by atoms with Gasteiger partial charge in [-0.15, -0.1) is 11.8 Å². The molecule has 23 heavy (non-hydrogen) atoms. The Morgan fingerprint density at radius 2 is 2.17 bits per heavy atom. The van der Waals surface area contributed by atoms with Crippen molar-refractivity contribution in [3.8, 4) is 5.75 Å². The van der Waals surface area contributed by atoms with Crippen LogP contribution in [0.5, 0.6) is 5.75 Å². The molecule has 0 saturated carbocycles. The van der Waals surface area contributed by atoms with Crippen molar-refractivity contribution >= 4 is 29.3 Å². The number of hydrogen-bond donors (Lipinski definition) is 2. The minimum absolute atomic E-state index is 0.0730. The van der Waals surface area contributed by atoms with Gasteiger partial charge in [-0.3, -0.25) is 14.9 Å². The van der Waals surface area contributed by atoms with Crippen molar-refractivity contribution in [3.63, 3.8) is 0 Å². The van der Waals surface area contributed by atoms with Gasteiger partial charge in [0.25, 0.3) is 0 Å². The normalized spacial score (nSPS) is 11.6. The number of thioether (sulfide) groups is 1. The summed E-state index contributed by atoms with van der Waals surface area (Å²) in [7, 11) is 1.35. The number of amides is 1. The number of carboxylic acid groups (broad SMARTS) is 1. The minimum atomic E-state index is -1.07. The Balaban J connectivity index is 2.56. The molecule has 8 nitrogen and oxygen atoms in total. The molecular weight excluding hydrogens is 324 g/mol. The molecule has 0 spiro atoms. The molecule has 1 amide bonds. The lowest BCUT2D eigenvalue weighted by molar-refractivity contribution is -0.385. The third kappa shape index (κ3) is 5.78. The molecule has 0 bridgehead atoms. The zero-order valence-corrected chi connectivity index (χ0v) is 13.6. The molecule has 1 atom stereocenters. The van der Waals surface area contributed by atoms with Crippen LogP contribution in [-0.4, -0.2) is 40.8 Å². The van der Waals surface area contributed by atoms with E-state index in [9.17, 15) is 19.7 Å². The first-order chi connectivity index (χ1) is 10.9. The topological polar surface area (TPSA) is 119 Å². The Morgan fingerprint density at radius 1 is 1.48 bits per heavy atom. The average molecular weight is 342 g/mol. The first-order valence-electron chi connectivity index (χ1n) is 6.80. The van der Waals surface area contributed by atoms with Gasteiger partial charge in [0.2, 0.25) is 5.91 Å². The molecule has 0 saturated heterocycles. The van der Waals surface area contributed by atoms with E-state index in [0.717, 1.165) is 0 Å². The molecule has 0 aliphatic carbocycles. The Hall–Kier alpha value is -2.29. The summed E-state index contributed by atoms with van der Waals surface area (Å²) in [5.41, 5.74) is 0.549. The molecule has 0 heterocycles. The summed E-state index contributed by atoms with van der Waals surface area (Å²) < 4.78 is 4.91.